The fourth-order valence-corrected chi connectivity index (χ4v) is 2.92. The molecule has 0 bridgehead atoms. The normalized spacial score (nSPS) is 25.7. The van der Waals surface area contributed by atoms with Crippen molar-refractivity contribution in [3.63, 3.8) is 0 Å². The number of aliphatic hydroxyl groups is 1. The summed E-state index contributed by atoms with van der Waals surface area (Å²) in [6, 6.07) is 0.262. The molecule has 0 aliphatic carbocycles. The Bertz CT molecular complexity index is 234. The lowest BCUT2D eigenvalue weighted by Gasteiger charge is -2.23. The Morgan fingerprint density at radius 3 is 2.46 bits per heavy atom. The molecule has 0 aromatic carbocycles. The third kappa shape index (κ3) is 4.06. The van der Waals surface area contributed by atoms with Crippen LogP contribution in [-0.4, -0.2) is 43.7 Å². The second-order valence-electron chi connectivity index (χ2n) is 3.68. The van der Waals surface area contributed by atoms with Crippen LogP contribution in [0.15, 0.2) is 0 Å². The lowest BCUT2D eigenvalue weighted by atomic mass is 10.1. The summed E-state index contributed by atoms with van der Waals surface area (Å²) in [5.74, 6) is 0.564. The number of hydrogen-bond acceptors (Lipinski definition) is 4. The predicted octanol–water partition coefficient (Wildman–Crippen LogP) is -0.466. The molecular formula is C8H17NO3S. The van der Waals surface area contributed by atoms with Gasteiger partial charge in [-0.3, -0.25) is 0 Å². The summed E-state index contributed by atoms with van der Waals surface area (Å²) in [6.45, 7) is 2.26. The van der Waals surface area contributed by atoms with Gasteiger partial charge in [-0.1, -0.05) is 0 Å². The van der Waals surface area contributed by atoms with Crippen molar-refractivity contribution in [1.29, 1.82) is 0 Å². The summed E-state index contributed by atoms with van der Waals surface area (Å²) >= 11 is 0. The second kappa shape index (κ2) is 4.39. The van der Waals surface area contributed by atoms with E-state index in [0.717, 1.165) is 0 Å². The molecule has 0 saturated carbocycles. The fourth-order valence-electron chi connectivity index (χ4n) is 1.43. The average molecular weight is 207 g/mol. The zero-order valence-electron chi connectivity index (χ0n) is 7.86. The molecule has 0 aromatic heterocycles. The lowest BCUT2D eigenvalue weighted by Crippen LogP contribution is -2.40. The molecule has 0 spiro atoms. The second-order valence-corrected chi connectivity index (χ2v) is 5.99. The topological polar surface area (TPSA) is 66.4 Å². The first-order valence-electron chi connectivity index (χ1n) is 4.61. The Hall–Kier alpha value is -0.130. The summed E-state index contributed by atoms with van der Waals surface area (Å²) in [6.07, 6.45) is 0.989. The van der Waals surface area contributed by atoms with Gasteiger partial charge in [-0.25, -0.2) is 8.42 Å². The smallest absolute Gasteiger partial charge is 0.150 e. The van der Waals surface area contributed by atoms with Crippen molar-refractivity contribution >= 4 is 9.84 Å². The van der Waals surface area contributed by atoms with E-state index in [9.17, 15) is 8.42 Å². The summed E-state index contributed by atoms with van der Waals surface area (Å²) in [5, 5.41) is 12.1. The van der Waals surface area contributed by atoms with E-state index in [1.54, 1.807) is 6.92 Å². The summed E-state index contributed by atoms with van der Waals surface area (Å²) in [5.41, 5.74) is 0. The third-order valence-corrected chi connectivity index (χ3v) is 3.97. The van der Waals surface area contributed by atoms with Gasteiger partial charge in [0.05, 0.1) is 17.6 Å². The molecule has 1 aliphatic rings. The molecule has 4 nitrogen and oxygen atoms in total. The summed E-state index contributed by atoms with van der Waals surface area (Å²) < 4.78 is 22.1. The van der Waals surface area contributed by atoms with Crippen LogP contribution in [0, 0.1) is 0 Å². The molecule has 1 aliphatic heterocycles. The maximum absolute atomic E-state index is 11.1. The van der Waals surface area contributed by atoms with Gasteiger partial charge in [0.2, 0.25) is 0 Å². The van der Waals surface area contributed by atoms with Crippen molar-refractivity contribution in [1.82, 2.24) is 5.32 Å². The van der Waals surface area contributed by atoms with Gasteiger partial charge in [0, 0.05) is 12.6 Å². The van der Waals surface area contributed by atoms with Crippen LogP contribution in [0.4, 0.5) is 0 Å². The standard InChI is InChI=1S/C8H17NO3S/c1-7(10)6-9-8-2-4-13(11,12)5-3-8/h7-10H,2-6H2,1H3/t7-/m0/s1. The van der Waals surface area contributed by atoms with Gasteiger partial charge in [0.25, 0.3) is 0 Å². The highest BCUT2D eigenvalue weighted by atomic mass is 32.2. The highest BCUT2D eigenvalue weighted by Crippen LogP contribution is 2.11. The van der Waals surface area contributed by atoms with Crippen LogP contribution in [-0.2, 0) is 9.84 Å². The van der Waals surface area contributed by atoms with Gasteiger partial charge in [-0.15, -0.1) is 0 Å². The Labute approximate surface area is 79.3 Å². The van der Waals surface area contributed by atoms with Crippen LogP contribution in [0.5, 0.6) is 0 Å². The maximum Gasteiger partial charge on any atom is 0.150 e. The Morgan fingerprint density at radius 2 is 2.00 bits per heavy atom. The van der Waals surface area contributed by atoms with Crippen molar-refractivity contribution in [3.8, 4) is 0 Å². The van der Waals surface area contributed by atoms with Crippen molar-refractivity contribution < 1.29 is 13.5 Å². The first-order valence-corrected chi connectivity index (χ1v) is 6.43. The average Bonchev–Trinajstić information content (AvgIpc) is 2.02. The quantitative estimate of drug-likeness (QED) is 0.657. The van der Waals surface area contributed by atoms with Crippen molar-refractivity contribution in [2.75, 3.05) is 18.1 Å². The van der Waals surface area contributed by atoms with E-state index >= 15 is 0 Å². The van der Waals surface area contributed by atoms with E-state index in [4.69, 9.17) is 5.11 Å². The van der Waals surface area contributed by atoms with Gasteiger partial charge >= 0.3 is 0 Å². The molecule has 0 radical (unpaired) electrons. The fraction of sp³-hybridized carbons (Fsp3) is 1.00. The largest absolute Gasteiger partial charge is 0.392 e. The molecule has 5 heteroatoms. The first-order chi connectivity index (χ1) is 5.99. The number of hydrogen-bond donors (Lipinski definition) is 2. The van der Waals surface area contributed by atoms with E-state index in [0.29, 0.717) is 19.4 Å². The van der Waals surface area contributed by atoms with E-state index in [2.05, 4.69) is 5.32 Å². The minimum absolute atomic E-state index is 0.262. The third-order valence-electron chi connectivity index (χ3n) is 2.26. The minimum Gasteiger partial charge on any atom is -0.392 e. The molecule has 1 atom stereocenters. The van der Waals surface area contributed by atoms with Crippen molar-refractivity contribution in [2.24, 2.45) is 0 Å². The van der Waals surface area contributed by atoms with E-state index in [1.807, 2.05) is 0 Å². The molecular weight excluding hydrogens is 190 g/mol. The van der Waals surface area contributed by atoms with Crippen LogP contribution in [0.1, 0.15) is 19.8 Å². The molecule has 0 unspecified atom stereocenters. The van der Waals surface area contributed by atoms with Crippen LogP contribution >= 0.6 is 0 Å². The number of rotatable bonds is 3. The first kappa shape index (κ1) is 10.9. The van der Waals surface area contributed by atoms with Gasteiger partial charge in [-0.05, 0) is 19.8 Å². The molecule has 1 heterocycles. The van der Waals surface area contributed by atoms with E-state index in [-0.39, 0.29) is 23.7 Å². The molecule has 13 heavy (non-hydrogen) atoms. The highest BCUT2D eigenvalue weighted by molar-refractivity contribution is 7.91. The molecule has 1 rings (SSSR count). The molecule has 0 aromatic rings. The molecule has 1 saturated heterocycles. The molecule has 1 fully saturated rings. The maximum atomic E-state index is 11.1. The van der Waals surface area contributed by atoms with Crippen LogP contribution < -0.4 is 5.32 Å². The molecule has 78 valence electrons. The van der Waals surface area contributed by atoms with E-state index in [1.165, 1.54) is 0 Å². The van der Waals surface area contributed by atoms with Gasteiger partial charge in [-0.2, -0.15) is 0 Å². The minimum atomic E-state index is -2.76. The predicted molar refractivity (Wildman–Crippen MR) is 51.4 cm³/mol. The van der Waals surface area contributed by atoms with E-state index < -0.39 is 9.84 Å². The van der Waals surface area contributed by atoms with Crippen LogP contribution in [0.3, 0.4) is 0 Å². The Kier molecular flexibility index (Phi) is 3.70. The van der Waals surface area contributed by atoms with Crippen LogP contribution in [0.2, 0.25) is 0 Å². The lowest BCUT2D eigenvalue weighted by molar-refractivity contribution is 0.185. The highest BCUT2D eigenvalue weighted by Gasteiger charge is 2.22. The van der Waals surface area contributed by atoms with Gasteiger partial charge in [0.15, 0.2) is 0 Å². The van der Waals surface area contributed by atoms with Crippen molar-refractivity contribution in [2.45, 2.75) is 31.9 Å². The Balaban J connectivity index is 2.26. The number of aliphatic hydroxyl groups excluding tert-OH is 1. The van der Waals surface area contributed by atoms with Gasteiger partial charge in [0.1, 0.15) is 9.84 Å². The molecule has 0 amide bonds. The zero-order valence-corrected chi connectivity index (χ0v) is 8.68. The molecule has 2 N–H and O–H groups in total. The monoisotopic (exact) mass is 207 g/mol. The number of nitrogens with one attached hydrogen (secondary N) is 1. The summed E-state index contributed by atoms with van der Waals surface area (Å²) in [4.78, 5) is 0. The van der Waals surface area contributed by atoms with Gasteiger partial charge < -0.3 is 10.4 Å². The zero-order chi connectivity index (χ0) is 9.90. The Morgan fingerprint density at radius 1 is 1.46 bits per heavy atom. The summed E-state index contributed by atoms with van der Waals surface area (Å²) in [7, 11) is -2.76. The SMILES string of the molecule is C[C@H](O)CNC1CCS(=O)(=O)CC1. The van der Waals surface area contributed by atoms with Crippen molar-refractivity contribution in [3.05, 3.63) is 0 Å². The number of sulfone groups is 1. The van der Waals surface area contributed by atoms with Crippen LogP contribution in [0.25, 0.3) is 0 Å².